The Morgan fingerprint density at radius 3 is 2.64 bits per heavy atom. The fraction of sp³-hybridized carbons (Fsp3) is 0.650. The molecular weight excluding hydrogens is 314 g/mol. The Kier molecular flexibility index (Phi) is 5.77. The number of hydrogen-bond donors (Lipinski definition) is 1. The van der Waals surface area contributed by atoms with Crippen molar-refractivity contribution in [2.75, 3.05) is 53.4 Å². The van der Waals surface area contributed by atoms with Gasteiger partial charge < -0.3 is 14.9 Å². The van der Waals surface area contributed by atoms with Crippen LogP contribution in [-0.4, -0.2) is 85.2 Å². The maximum absolute atomic E-state index is 12.7. The summed E-state index contributed by atoms with van der Waals surface area (Å²) in [6, 6.07) is 8.33. The summed E-state index contributed by atoms with van der Waals surface area (Å²) in [6.07, 6.45) is 0.454. The quantitative estimate of drug-likeness (QED) is 0.841. The SMILES string of the molecule is Cc1ccccc1C1CC1C(=O)N(C)CC(O)CN1CCN(C)CC1. The van der Waals surface area contributed by atoms with Crippen molar-refractivity contribution in [3.8, 4) is 0 Å². The molecule has 3 unspecified atom stereocenters. The first-order valence-electron chi connectivity index (χ1n) is 9.35. The van der Waals surface area contributed by atoms with E-state index < -0.39 is 6.10 Å². The smallest absolute Gasteiger partial charge is 0.226 e. The normalized spacial score (nSPS) is 25.6. The highest BCUT2D eigenvalue weighted by Crippen LogP contribution is 2.49. The number of carbonyl (C=O) groups excluding carboxylic acids is 1. The van der Waals surface area contributed by atoms with Crippen LogP contribution in [0.3, 0.4) is 0 Å². The summed E-state index contributed by atoms with van der Waals surface area (Å²) in [5, 5.41) is 10.4. The molecule has 25 heavy (non-hydrogen) atoms. The van der Waals surface area contributed by atoms with E-state index in [4.69, 9.17) is 0 Å². The summed E-state index contributed by atoms with van der Waals surface area (Å²) in [5.74, 6) is 0.610. The van der Waals surface area contributed by atoms with Gasteiger partial charge in [0.25, 0.3) is 0 Å². The molecule has 1 aromatic rings. The average Bonchev–Trinajstić information content (AvgIpc) is 3.37. The number of hydrogen-bond acceptors (Lipinski definition) is 4. The third kappa shape index (κ3) is 4.60. The Labute approximate surface area is 151 Å². The van der Waals surface area contributed by atoms with E-state index in [-0.39, 0.29) is 11.8 Å². The number of benzene rings is 1. The lowest BCUT2D eigenvalue weighted by Crippen LogP contribution is -2.49. The molecule has 0 spiro atoms. The average molecular weight is 345 g/mol. The molecule has 1 aliphatic heterocycles. The summed E-state index contributed by atoms with van der Waals surface area (Å²) in [7, 11) is 3.95. The first kappa shape index (κ1) is 18.4. The number of aryl methyl sites for hydroxylation is 1. The molecule has 1 aliphatic carbocycles. The van der Waals surface area contributed by atoms with Crippen molar-refractivity contribution >= 4 is 5.91 Å². The molecule has 3 atom stereocenters. The minimum absolute atomic E-state index is 0.0851. The molecule has 3 rings (SSSR count). The molecule has 138 valence electrons. The van der Waals surface area contributed by atoms with E-state index in [1.807, 2.05) is 19.2 Å². The Morgan fingerprint density at radius 1 is 1.28 bits per heavy atom. The van der Waals surface area contributed by atoms with E-state index in [1.165, 1.54) is 11.1 Å². The highest BCUT2D eigenvalue weighted by molar-refractivity contribution is 5.83. The summed E-state index contributed by atoms with van der Waals surface area (Å²) in [5.41, 5.74) is 2.56. The van der Waals surface area contributed by atoms with Gasteiger partial charge in [0, 0.05) is 52.2 Å². The van der Waals surface area contributed by atoms with E-state index in [9.17, 15) is 9.90 Å². The van der Waals surface area contributed by atoms with Crippen molar-refractivity contribution < 1.29 is 9.90 Å². The van der Waals surface area contributed by atoms with Crippen LogP contribution in [-0.2, 0) is 4.79 Å². The van der Waals surface area contributed by atoms with Gasteiger partial charge in [0.2, 0.25) is 5.91 Å². The highest BCUT2D eigenvalue weighted by atomic mass is 16.3. The number of piperazine rings is 1. The standard InChI is InChI=1S/C20H31N3O2/c1-15-6-4-5-7-17(15)18-12-19(18)20(25)22(3)13-16(24)14-23-10-8-21(2)9-11-23/h4-7,16,18-19,24H,8-14H2,1-3H3. The largest absolute Gasteiger partial charge is 0.390 e. The van der Waals surface area contributed by atoms with E-state index in [1.54, 1.807) is 4.90 Å². The molecule has 1 heterocycles. The van der Waals surface area contributed by atoms with Gasteiger partial charge in [-0.2, -0.15) is 0 Å². The molecule has 1 N–H and O–H groups in total. The van der Waals surface area contributed by atoms with Gasteiger partial charge in [0.05, 0.1) is 6.10 Å². The Morgan fingerprint density at radius 2 is 1.96 bits per heavy atom. The molecule has 2 fully saturated rings. The Balaban J connectivity index is 1.46. The van der Waals surface area contributed by atoms with Crippen molar-refractivity contribution in [3.63, 3.8) is 0 Å². The van der Waals surface area contributed by atoms with Gasteiger partial charge in [-0.25, -0.2) is 0 Å². The van der Waals surface area contributed by atoms with Crippen LogP contribution in [0, 0.1) is 12.8 Å². The second-order valence-electron chi connectivity index (χ2n) is 7.78. The molecule has 1 aromatic carbocycles. The zero-order chi connectivity index (χ0) is 18.0. The molecule has 5 heteroatoms. The highest BCUT2D eigenvalue weighted by Gasteiger charge is 2.45. The number of aliphatic hydroxyl groups is 1. The van der Waals surface area contributed by atoms with Crippen LogP contribution in [0.25, 0.3) is 0 Å². The topological polar surface area (TPSA) is 47.0 Å². The maximum atomic E-state index is 12.7. The lowest BCUT2D eigenvalue weighted by atomic mass is 10.0. The Bertz CT molecular complexity index is 598. The third-order valence-corrected chi connectivity index (χ3v) is 5.62. The van der Waals surface area contributed by atoms with Gasteiger partial charge >= 0.3 is 0 Å². The van der Waals surface area contributed by atoms with Gasteiger partial charge in [0.1, 0.15) is 0 Å². The second-order valence-corrected chi connectivity index (χ2v) is 7.78. The molecule has 1 saturated heterocycles. The van der Waals surface area contributed by atoms with Crippen molar-refractivity contribution in [2.24, 2.45) is 5.92 Å². The van der Waals surface area contributed by atoms with Crippen LogP contribution in [0.1, 0.15) is 23.5 Å². The summed E-state index contributed by atoms with van der Waals surface area (Å²) >= 11 is 0. The minimum Gasteiger partial charge on any atom is -0.390 e. The van der Waals surface area contributed by atoms with Crippen LogP contribution in [0.15, 0.2) is 24.3 Å². The van der Waals surface area contributed by atoms with Crippen LogP contribution in [0.5, 0.6) is 0 Å². The van der Waals surface area contributed by atoms with Crippen LogP contribution in [0.4, 0.5) is 0 Å². The molecule has 1 saturated carbocycles. The molecule has 1 amide bonds. The molecule has 0 bridgehead atoms. The number of aliphatic hydroxyl groups excluding tert-OH is 1. The van der Waals surface area contributed by atoms with E-state index in [2.05, 4.69) is 35.9 Å². The number of carbonyl (C=O) groups is 1. The van der Waals surface area contributed by atoms with E-state index >= 15 is 0 Å². The number of amides is 1. The fourth-order valence-corrected chi connectivity index (χ4v) is 3.89. The fourth-order valence-electron chi connectivity index (χ4n) is 3.89. The predicted octanol–water partition coefficient (Wildman–Crippen LogP) is 1.17. The lowest BCUT2D eigenvalue weighted by Gasteiger charge is -2.34. The molecular formula is C20H31N3O2. The summed E-state index contributed by atoms with van der Waals surface area (Å²) in [4.78, 5) is 19.0. The van der Waals surface area contributed by atoms with Gasteiger partial charge in [-0.05, 0) is 37.4 Å². The minimum atomic E-state index is -0.479. The van der Waals surface area contributed by atoms with Gasteiger partial charge in [-0.1, -0.05) is 24.3 Å². The molecule has 0 aromatic heterocycles. The number of likely N-dealkylation sites (N-methyl/N-ethyl adjacent to an activating group) is 2. The maximum Gasteiger partial charge on any atom is 0.226 e. The molecule has 2 aliphatic rings. The van der Waals surface area contributed by atoms with Gasteiger partial charge in [-0.3, -0.25) is 9.69 Å². The van der Waals surface area contributed by atoms with Crippen molar-refractivity contribution in [2.45, 2.75) is 25.4 Å². The van der Waals surface area contributed by atoms with E-state index in [0.717, 1.165) is 32.6 Å². The number of β-amino-alcohol motifs (C(OH)–C–C–N with tert-alkyl or cyclic N) is 1. The first-order valence-corrected chi connectivity index (χ1v) is 9.35. The molecule has 0 radical (unpaired) electrons. The van der Waals surface area contributed by atoms with Crippen LogP contribution < -0.4 is 0 Å². The van der Waals surface area contributed by atoms with Crippen LogP contribution in [0.2, 0.25) is 0 Å². The summed E-state index contributed by atoms with van der Waals surface area (Å²) in [6.45, 7) is 7.24. The van der Waals surface area contributed by atoms with Crippen LogP contribution >= 0.6 is 0 Å². The molecule has 5 nitrogen and oxygen atoms in total. The van der Waals surface area contributed by atoms with Crippen molar-refractivity contribution in [1.29, 1.82) is 0 Å². The number of rotatable bonds is 6. The predicted molar refractivity (Wildman–Crippen MR) is 99.6 cm³/mol. The zero-order valence-corrected chi connectivity index (χ0v) is 15.7. The second kappa shape index (κ2) is 7.85. The monoisotopic (exact) mass is 345 g/mol. The third-order valence-electron chi connectivity index (χ3n) is 5.62. The van der Waals surface area contributed by atoms with Gasteiger partial charge in [0.15, 0.2) is 0 Å². The van der Waals surface area contributed by atoms with Crippen molar-refractivity contribution in [1.82, 2.24) is 14.7 Å². The van der Waals surface area contributed by atoms with E-state index in [0.29, 0.717) is 19.0 Å². The first-order chi connectivity index (χ1) is 12.0. The lowest BCUT2D eigenvalue weighted by molar-refractivity contribution is -0.132. The van der Waals surface area contributed by atoms with Crippen molar-refractivity contribution in [3.05, 3.63) is 35.4 Å². The van der Waals surface area contributed by atoms with Gasteiger partial charge in [-0.15, -0.1) is 0 Å². The number of nitrogens with zero attached hydrogens (tertiary/aromatic N) is 3. The Hall–Kier alpha value is -1.43. The summed E-state index contributed by atoms with van der Waals surface area (Å²) < 4.78 is 0. The zero-order valence-electron chi connectivity index (χ0n) is 15.7.